The molecule has 0 aromatic rings. The molecule has 4 rings (SSSR count). The van der Waals surface area contributed by atoms with Crippen LogP contribution in [-0.4, -0.2) is 12.1 Å². The van der Waals surface area contributed by atoms with E-state index in [4.69, 9.17) is 0 Å². The summed E-state index contributed by atoms with van der Waals surface area (Å²) in [5.74, 6) is 4.58. The zero-order valence-electron chi connectivity index (χ0n) is 7.50. The second kappa shape index (κ2) is 1.89. The van der Waals surface area contributed by atoms with Crippen LogP contribution in [0.5, 0.6) is 0 Å². The Kier molecular flexibility index (Phi) is 1.01. The third kappa shape index (κ3) is 0.693. The van der Waals surface area contributed by atoms with Gasteiger partial charge in [0.2, 0.25) is 0 Å². The van der Waals surface area contributed by atoms with E-state index in [1.54, 1.807) is 19.3 Å². The normalized spacial score (nSPS) is 60.5. The first kappa shape index (κ1) is 6.42. The van der Waals surface area contributed by atoms with Crippen LogP contribution >= 0.6 is 0 Å². The molecule has 0 radical (unpaired) electrons. The van der Waals surface area contributed by atoms with Crippen LogP contribution < -0.4 is 5.32 Å². The summed E-state index contributed by atoms with van der Waals surface area (Å²) in [5, 5.41) is 3.83. The fourth-order valence-corrected chi connectivity index (χ4v) is 4.07. The molecule has 0 spiro atoms. The van der Waals surface area contributed by atoms with Gasteiger partial charge in [-0.25, -0.2) is 0 Å². The molecular weight excluding hydrogens is 146 g/mol. The summed E-state index contributed by atoms with van der Waals surface area (Å²) in [6, 6.07) is 1.93. The maximum absolute atomic E-state index is 3.83. The van der Waals surface area contributed by atoms with Gasteiger partial charge in [0.25, 0.3) is 0 Å². The van der Waals surface area contributed by atoms with Crippen molar-refractivity contribution in [2.24, 2.45) is 23.7 Å². The predicted octanol–water partition coefficient (Wildman–Crippen LogP) is 1.78. The van der Waals surface area contributed by atoms with Crippen molar-refractivity contribution in [3.8, 4) is 0 Å². The van der Waals surface area contributed by atoms with E-state index in [9.17, 15) is 0 Å². The fraction of sp³-hybridized carbons (Fsp3) is 1.00. The summed E-state index contributed by atoms with van der Waals surface area (Å²) >= 11 is 0. The molecule has 1 N–H and O–H groups in total. The Morgan fingerprint density at radius 3 is 2.08 bits per heavy atom. The van der Waals surface area contributed by atoms with Gasteiger partial charge in [-0.1, -0.05) is 0 Å². The number of hydrogen-bond donors (Lipinski definition) is 1. The molecule has 0 saturated heterocycles. The summed E-state index contributed by atoms with van der Waals surface area (Å²) in [7, 11) is 0. The van der Waals surface area contributed by atoms with Crippen LogP contribution in [0.25, 0.3) is 0 Å². The number of rotatable bonds is 2. The molecule has 1 heteroatoms. The van der Waals surface area contributed by atoms with Crippen LogP contribution in [0.4, 0.5) is 0 Å². The minimum absolute atomic E-state index is 0.944. The Morgan fingerprint density at radius 1 is 0.833 bits per heavy atom. The van der Waals surface area contributed by atoms with E-state index >= 15 is 0 Å². The van der Waals surface area contributed by atoms with Crippen molar-refractivity contribution in [2.45, 2.75) is 44.2 Å². The van der Waals surface area contributed by atoms with E-state index in [2.05, 4.69) is 5.32 Å². The van der Waals surface area contributed by atoms with Gasteiger partial charge < -0.3 is 5.32 Å². The van der Waals surface area contributed by atoms with Gasteiger partial charge in [-0.3, -0.25) is 0 Å². The van der Waals surface area contributed by atoms with E-state index in [1.807, 2.05) is 0 Å². The smallest absolute Gasteiger partial charge is 0.0138 e. The molecule has 2 bridgehead atoms. The van der Waals surface area contributed by atoms with Crippen LogP contribution in [-0.2, 0) is 0 Å². The lowest BCUT2D eigenvalue weighted by Gasteiger charge is -2.08. The molecule has 0 amide bonds. The summed E-state index contributed by atoms with van der Waals surface area (Å²) in [6.45, 7) is 0. The Labute approximate surface area is 73.9 Å². The highest BCUT2D eigenvalue weighted by molar-refractivity contribution is 5.17. The fourth-order valence-electron chi connectivity index (χ4n) is 4.07. The molecule has 4 aliphatic rings. The SMILES string of the molecule is C1CC1NC1C2C3CCC(C3)C12. The van der Waals surface area contributed by atoms with E-state index in [1.165, 1.54) is 12.8 Å². The van der Waals surface area contributed by atoms with Crippen molar-refractivity contribution in [1.29, 1.82) is 0 Å². The maximum atomic E-state index is 3.83. The highest BCUT2D eigenvalue weighted by Crippen LogP contribution is 2.65. The van der Waals surface area contributed by atoms with Gasteiger partial charge in [0.05, 0.1) is 0 Å². The van der Waals surface area contributed by atoms with Gasteiger partial charge in [-0.15, -0.1) is 0 Å². The van der Waals surface area contributed by atoms with Crippen molar-refractivity contribution in [3.63, 3.8) is 0 Å². The zero-order chi connectivity index (χ0) is 7.71. The molecular formula is C11H17N. The summed E-state index contributed by atoms with van der Waals surface area (Å²) < 4.78 is 0. The van der Waals surface area contributed by atoms with Crippen LogP contribution in [0, 0.1) is 23.7 Å². The standard InChI is InChI=1S/C11H17N/c1-2-7-5-6(1)9-10(7)11(9)12-8-3-4-8/h6-12H,1-5H2. The Bertz CT molecular complexity index is 205. The lowest BCUT2D eigenvalue weighted by Crippen LogP contribution is -2.24. The van der Waals surface area contributed by atoms with Gasteiger partial charge in [0.15, 0.2) is 0 Å². The van der Waals surface area contributed by atoms with Crippen LogP contribution in [0.1, 0.15) is 32.1 Å². The van der Waals surface area contributed by atoms with Crippen molar-refractivity contribution < 1.29 is 0 Å². The zero-order valence-corrected chi connectivity index (χ0v) is 7.50. The largest absolute Gasteiger partial charge is 0.311 e. The van der Waals surface area contributed by atoms with E-state index in [0.29, 0.717) is 0 Å². The molecule has 4 atom stereocenters. The van der Waals surface area contributed by atoms with Gasteiger partial charge in [0, 0.05) is 12.1 Å². The van der Waals surface area contributed by atoms with Gasteiger partial charge in [0.1, 0.15) is 0 Å². The van der Waals surface area contributed by atoms with Crippen molar-refractivity contribution in [2.75, 3.05) is 0 Å². The Morgan fingerprint density at radius 2 is 1.50 bits per heavy atom. The third-order valence-corrected chi connectivity index (χ3v) is 4.74. The lowest BCUT2D eigenvalue weighted by atomic mass is 10.0. The molecule has 0 aliphatic heterocycles. The van der Waals surface area contributed by atoms with Gasteiger partial charge >= 0.3 is 0 Å². The molecule has 4 aliphatic carbocycles. The minimum Gasteiger partial charge on any atom is -0.311 e. The number of nitrogens with one attached hydrogen (secondary N) is 1. The predicted molar refractivity (Wildman–Crippen MR) is 47.8 cm³/mol. The topological polar surface area (TPSA) is 12.0 Å². The molecule has 4 fully saturated rings. The van der Waals surface area contributed by atoms with Gasteiger partial charge in [-0.05, 0) is 55.8 Å². The lowest BCUT2D eigenvalue weighted by molar-refractivity contribution is 0.456. The van der Waals surface area contributed by atoms with Gasteiger partial charge in [-0.2, -0.15) is 0 Å². The van der Waals surface area contributed by atoms with Crippen molar-refractivity contribution in [1.82, 2.24) is 5.32 Å². The minimum atomic E-state index is 0.944. The molecule has 12 heavy (non-hydrogen) atoms. The van der Waals surface area contributed by atoms with E-state index in [0.717, 1.165) is 35.8 Å². The number of fused-ring (bicyclic) bond motifs is 5. The van der Waals surface area contributed by atoms with Crippen LogP contribution in [0.3, 0.4) is 0 Å². The summed E-state index contributed by atoms with van der Waals surface area (Å²) in [6.07, 6.45) is 7.65. The number of hydrogen-bond acceptors (Lipinski definition) is 1. The molecule has 0 heterocycles. The molecule has 4 saturated carbocycles. The monoisotopic (exact) mass is 163 g/mol. The van der Waals surface area contributed by atoms with E-state index in [-0.39, 0.29) is 0 Å². The molecule has 1 nitrogen and oxygen atoms in total. The molecule has 4 unspecified atom stereocenters. The first-order chi connectivity index (χ1) is 5.93. The quantitative estimate of drug-likeness (QED) is 0.654. The average Bonchev–Trinajstić information content (AvgIpc) is 2.96. The first-order valence-corrected chi connectivity index (χ1v) is 5.69. The second-order valence-corrected chi connectivity index (χ2v) is 5.45. The van der Waals surface area contributed by atoms with Crippen molar-refractivity contribution >= 4 is 0 Å². The summed E-state index contributed by atoms with van der Waals surface area (Å²) in [4.78, 5) is 0. The third-order valence-electron chi connectivity index (χ3n) is 4.74. The first-order valence-electron chi connectivity index (χ1n) is 5.69. The molecule has 66 valence electrons. The molecule has 0 aromatic heterocycles. The summed E-state index contributed by atoms with van der Waals surface area (Å²) in [5.41, 5.74) is 0. The van der Waals surface area contributed by atoms with Crippen LogP contribution in [0.15, 0.2) is 0 Å². The van der Waals surface area contributed by atoms with Crippen molar-refractivity contribution in [3.05, 3.63) is 0 Å². The van der Waals surface area contributed by atoms with E-state index < -0.39 is 0 Å². The van der Waals surface area contributed by atoms with Crippen LogP contribution in [0.2, 0.25) is 0 Å². The average molecular weight is 163 g/mol. The highest BCUT2D eigenvalue weighted by atomic mass is 15.1. The Hall–Kier alpha value is -0.0400. The maximum Gasteiger partial charge on any atom is 0.0138 e. The molecule has 0 aromatic carbocycles. The Balaban J connectivity index is 1.50. The highest BCUT2D eigenvalue weighted by Gasteiger charge is 2.65. The second-order valence-electron chi connectivity index (χ2n) is 5.45.